The summed E-state index contributed by atoms with van der Waals surface area (Å²) in [6.07, 6.45) is 0. The van der Waals surface area contributed by atoms with Gasteiger partial charge in [-0.1, -0.05) is 0 Å². The molecule has 3 rings (SSSR count). The van der Waals surface area contributed by atoms with Crippen LogP contribution in [0.3, 0.4) is 0 Å². The number of carbonyl (C=O) groups excluding carboxylic acids is 1. The molecule has 1 aliphatic heterocycles. The summed E-state index contributed by atoms with van der Waals surface area (Å²) in [7, 11) is 0. The van der Waals surface area contributed by atoms with Crippen LogP contribution in [0, 0.1) is 0 Å². The summed E-state index contributed by atoms with van der Waals surface area (Å²) in [6, 6.07) is 3.29. The van der Waals surface area contributed by atoms with Crippen molar-refractivity contribution in [1.82, 2.24) is 9.88 Å². The zero-order valence-corrected chi connectivity index (χ0v) is 13.6. The zero-order valence-electron chi connectivity index (χ0n) is 11.2. The number of ether oxygens (including phenoxy) is 1. The maximum atomic E-state index is 11.9. The molecule has 2 aromatic heterocycles. The first-order chi connectivity index (χ1) is 10.2. The van der Waals surface area contributed by atoms with Crippen LogP contribution in [-0.4, -0.2) is 42.1 Å². The first-order valence-corrected chi connectivity index (χ1v) is 8.19. The Bertz CT molecular complexity index is 622. The Hall–Kier alpha value is -1.22. The van der Waals surface area contributed by atoms with Crippen molar-refractivity contribution in [2.75, 3.05) is 31.6 Å². The maximum absolute atomic E-state index is 11.9. The summed E-state index contributed by atoms with van der Waals surface area (Å²) in [4.78, 5) is 18.7. The normalized spacial score (nSPS) is 16.0. The monoisotopic (exact) mass is 371 g/mol. The lowest BCUT2D eigenvalue weighted by Crippen LogP contribution is -2.35. The second kappa shape index (κ2) is 6.69. The SMILES string of the molecule is O=C(Nc1nc(CN2CCOCC2)cs1)c1ccc(Br)o1. The maximum Gasteiger partial charge on any atom is 0.293 e. The van der Waals surface area contributed by atoms with E-state index in [0.717, 1.165) is 38.5 Å². The number of rotatable bonds is 4. The van der Waals surface area contributed by atoms with Crippen molar-refractivity contribution in [3.63, 3.8) is 0 Å². The molecule has 1 saturated heterocycles. The summed E-state index contributed by atoms with van der Waals surface area (Å²) in [5.41, 5.74) is 0.956. The number of thiazole rings is 1. The second-order valence-electron chi connectivity index (χ2n) is 4.59. The lowest BCUT2D eigenvalue weighted by molar-refractivity contribution is 0.0337. The van der Waals surface area contributed by atoms with Gasteiger partial charge in [-0.05, 0) is 28.1 Å². The molecule has 1 aliphatic rings. The van der Waals surface area contributed by atoms with Gasteiger partial charge in [0.1, 0.15) is 0 Å². The van der Waals surface area contributed by atoms with Crippen LogP contribution in [0.15, 0.2) is 26.6 Å². The van der Waals surface area contributed by atoms with Gasteiger partial charge in [-0.3, -0.25) is 15.0 Å². The number of nitrogens with one attached hydrogen (secondary N) is 1. The van der Waals surface area contributed by atoms with E-state index in [4.69, 9.17) is 9.15 Å². The first kappa shape index (κ1) is 14.7. The van der Waals surface area contributed by atoms with E-state index < -0.39 is 0 Å². The predicted molar refractivity (Wildman–Crippen MR) is 82.6 cm³/mol. The molecule has 0 spiro atoms. The highest BCUT2D eigenvalue weighted by Gasteiger charge is 2.15. The van der Waals surface area contributed by atoms with Gasteiger partial charge in [-0.2, -0.15) is 0 Å². The molecule has 0 unspecified atom stereocenters. The van der Waals surface area contributed by atoms with E-state index in [9.17, 15) is 4.79 Å². The van der Waals surface area contributed by atoms with Crippen LogP contribution in [0.4, 0.5) is 5.13 Å². The molecule has 0 aromatic carbocycles. The number of halogens is 1. The van der Waals surface area contributed by atoms with Gasteiger partial charge in [0.15, 0.2) is 15.6 Å². The fourth-order valence-electron chi connectivity index (χ4n) is 2.02. The molecule has 0 radical (unpaired) electrons. The summed E-state index contributed by atoms with van der Waals surface area (Å²) in [6.45, 7) is 4.14. The third-order valence-corrected chi connectivity index (χ3v) is 4.29. The number of furan rings is 1. The zero-order chi connectivity index (χ0) is 14.7. The van der Waals surface area contributed by atoms with Gasteiger partial charge >= 0.3 is 0 Å². The van der Waals surface area contributed by atoms with Crippen LogP contribution >= 0.6 is 27.3 Å². The standard InChI is InChI=1S/C13H14BrN3O3S/c14-11-2-1-10(20-11)12(18)16-13-15-9(8-21-13)7-17-3-5-19-6-4-17/h1-2,8H,3-7H2,(H,15,16,18). The van der Waals surface area contributed by atoms with Crippen molar-refractivity contribution >= 4 is 38.3 Å². The summed E-state index contributed by atoms with van der Waals surface area (Å²) in [5, 5.41) is 5.28. The van der Waals surface area contributed by atoms with Crippen LogP contribution < -0.4 is 5.32 Å². The largest absolute Gasteiger partial charge is 0.444 e. The van der Waals surface area contributed by atoms with Crippen molar-refractivity contribution in [2.24, 2.45) is 0 Å². The lowest BCUT2D eigenvalue weighted by atomic mass is 10.4. The van der Waals surface area contributed by atoms with Gasteiger partial charge in [0.25, 0.3) is 5.91 Å². The molecule has 0 saturated carbocycles. The second-order valence-corrected chi connectivity index (χ2v) is 6.23. The molecule has 21 heavy (non-hydrogen) atoms. The third kappa shape index (κ3) is 3.91. The quantitative estimate of drug-likeness (QED) is 0.894. The van der Waals surface area contributed by atoms with Crippen LogP contribution in [0.5, 0.6) is 0 Å². The minimum absolute atomic E-state index is 0.256. The Morgan fingerprint density at radius 3 is 2.95 bits per heavy atom. The third-order valence-electron chi connectivity index (χ3n) is 3.06. The molecule has 6 nitrogen and oxygen atoms in total. The molecule has 0 atom stereocenters. The molecule has 8 heteroatoms. The number of hydrogen-bond donors (Lipinski definition) is 1. The van der Waals surface area contributed by atoms with E-state index in [2.05, 4.69) is 31.1 Å². The number of aromatic nitrogens is 1. The van der Waals surface area contributed by atoms with E-state index in [0.29, 0.717) is 9.80 Å². The number of hydrogen-bond acceptors (Lipinski definition) is 6. The summed E-state index contributed by atoms with van der Waals surface area (Å²) in [5.74, 6) is -0.0419. The number of carbonyl (C=O) groups is 1. The Morgan fingerprint density at radius 1 is 1.43 bits per heavy atom. The number of nitrogens with zero attached hydrogens (tertiary/aromatic N) is 2. The topological polar surface area (TPSA) is 67.6 Å². The Labute approximate surface area is 134 Å². The molecular weight excluding hydrogens is 358 g/mol. The van der Waals surface area contributed by atoms with Crippen molar-refractivity contribution in [2.45, 2.75) is 6.54 Å². The van der Waals surface area contributed by atoms with Crippen LogP contribution in [-0.2, 0) is 11.3 Å². The minimum atomic E-state index is -0.298. The fraction of sp³-hybridized carbons (Fsp3) is 0.385. The predicted octanol–water partition coefficient (Wildman–Crippen LogP) is 2.58. The van der Waals surface area contributed by atoms with Gasteiger partial charge in [0.2, 0.25) is 0 Å². The minimum Gasteiger partial charge on any atom is -0.444 e. The van der Waals surface area contributed by atoms with E-state index in [1.165, 1.54) is 11.3 Å². The van der Waals surface area contributed by atoms with E-state index >= 15 is 0 Å². The molecule has 112 valence electrons. The molecular formula is C13H14BrN3O3S. The molecule has 0 aliphatic carbocycles. The molecule has 0 bridgehead atoms. The van der Waals surface area contributed by atoms with Crippen molar-refractivity contribution in [3.8, 4) is 0 Å². The number of anilines is 1. The Balaban J connectivity index is 1.58. The highest BCUT2D eigenvalue weighted by atomic mass is 79.9. The van der Waals surface area contributed by atoms with Crippen molar-refractivity contribution in [3.05, 3.63) is 33.6 Å². The Morgan fingerprint density at radius 2 is 2.24 bits per heavy atom. The van der Waals surface area contributed by atoms with Crippen molar-refractivity contribution < 1.29 is 13.9 Å². The fourth-order valence-corrected chi connectivity index (χ4v) is 3.02. The number of amides is 1. The van der Waals surface area contributed by atoms with Gasteiger partial charge in [-0.15, -0.1) is 11.3 Å². The Kier molecular flexibility index (Phi) is 4.69. The summed E-state index contributed by atoms with van der Waals surface area (Å²) >= 11 is 4.58. The molecule has 1 N–H and O–H groups in total. The molecule has 1 amide bonds. The average Bonchev–Trinajstić information content (AvgIpc) is 3.09. The van der Waals surface area contributed by atoms with Crippen LogP contribution in [0.2, 0.25) is 0 Å². The smallest absolute Gasteiger partial charge is 0.293 e. The highest BCUT2D eigenvalue weighted by Crippen LogP contribution is 2.20. The molecule has 2 aromatic rings. The highest BCUT2D eigenvalue weighted by molar-refractivity contribution is 9.10. The number of morpholine rings is 1. The summed E-state index contributed by atoms with van der Waals surface area (Å²) < 4.78 is 11.0. The van der Waals surface area contributed by atoms with Gasteiger partial charge < -0.3 is 9.15 Å². The van der Waals surface area contributed by atoms with E-state index in [1.54, 1.807) is 12.1 Å². The van der Waals surface area contributed by atoms with Gasteiger partial charge in [0.05, 0.1) is 18.9 Å². The van der Waals surface area contributed by atoms with Gasteiger partial charge in [0, 0.05) is 25.0 Å². The average molecular weight is 372 g/mol. The molecule has 1 fully saturated rings. The van der Waals surface area contributed by atoms with E-state index in [-0.39, 0.29) is 11.7 Å². The first-order valence-electron chi connectivity index (χ1n) is 6.52. The molecule has 3 heterocycles. The van der Waals surface area contributed by atoms with Crippen molar-refractivity contribution in [1.29, 1.82) is 0 Å². The van der Waals surface area contributed by atoms with Gasteiger partial charge in [-0.25, -0.2) is 4.98 Å². The van der Waals surface area contributed by atoms with Crippen LogP contribution in [0.25, 0.3) is 0 Å². The lowest BCUT2D eigenvalue weighted by Gasteiger charge is -2.25. The van der Waals surface area contributed by atoms with E-state index in [1.807, 2.05) is 5.38 Å². The van der Waals surface area contributed by atoms with Crippen LogP contribution in [0.1, 0.15) is 16.2 Å².